The monoisotopic (exact) mass is 202 g/mol. The van der Waals surface area contributed by atoms with Gasteiger partial charge in [0.15, 0.2) is 0 Å². The van der Waals surface area contributed by atoms with E-state index < -0.39 is 0 Å². The second-order valence-corrected chi connectivity index (χ2v) is 4.01. The Kier molecular flexibility index (Phi) is 3.34. The van der Waals surface area contributed by atoms with E-state index >= 15 is 0 Å². The number of ether oxygens (including phenoxy) is 1. The van der Waals surface area contributed by atoms with Gasteiger partial charge < -0.3 is 10.1 Å². The molecule has 0 spiro atoms. The van der Waals surface area contributed by atoms with Crippen molar-refractivity contribution in [1.82, 2.24) is 10.4 Å². The fourth-order valence-electron chi connectivity index (χ4n) is 1.54. The van der Waals surface area contributed by atoms with E-state index in [1.165, 1.54) is 5.06 Å². The first-order chi connectivity index (χ1) is 6.51. The molecule has 5 nitrogen and oxygen atoms in total. The molecule has 1 saturated heterocycles. The summed E-state index contributed by atoms with van der Waals surface area (Å²) in [5, 5.41) is 4.07. The van der Waals surface area contributed by atoms with Crippen molar-refractivity contribution in [3.05, 3.63) is 0 Å². The highest BCUT2D eigenvalue weighted by Crippen LogP contribution is 2.26. The number of nitrogens with one attached hydrogen (secondary N) is 1. The summed E-state index contributed by atoms with van der Waals surface area (Å²) in [6, 6.07) is -0.238. The van der Waals surface area contributed by atoms with Crippen molar-refractivity contribution < 1.29 is 14.4 Å². The number of nitrogens with zero attached hydrogens (tertiary/aromatic N) is 1. The fraction of sp³-hybridized carbons (Fsp3) is 0.889. The maximum Gasteiger partial charge on any atom is 0.343 e. The predicted molar refractivity (Wildman–Crippen MR) is 51.4 cm³/mol. The molecule has 0 aromatic heterocycles. The molecule has 1 heterocycles. The summed E-state index contributed by atoms with van der Waals surface area (Å²) in [6.45, 7) is 6.91. The fourth-order valence-corrected chi connectivity index (χ4v) is 1.54. The van der Waals surface area contributed by atoms with Crippen molar-refractivity contribution in [2.24, 2.45) is 5.41 Å². The van der Waals surface area contributed by atoms with Crippen LogP contribution in [0, 0.1) is 5.41 Å². The van der Waals surface area contributed by atoms with Crippen molar-refractivity contribution in [2.75, 3.05) is 20.3 Å². The predicted octanol–water partition coefficient (Wildman–Crippen LogP) is 0.962. The first-order valence-electron chi connectivity index (χ1n) is 4.75. The minimum absolute atomic E-state index is 0.155. The number of carbonyl (C=O) groups excluding carboxylic acids is 1. The van der Waals surface area contributed by atoms with Crippen LogP contribution < -0.4 is 5.32 Å². The molecule has 82 valence electrons. The summed E-state index contributed by atoms with van der Waals surface area (Å²) >= 11 is 0. The molecular weight excluding hydrogens is 184 g/mol. The number of urea groups is 1. The van der Waals surface area contributed by atoms with Crippen molar-refractivity contribution in [2.45, 2.75) is 27.0 Å². The van der Waals surface area contributed by atoms with E-state index in [1.807, 2.05) is 20.8 Å². The third-order valence-electron chi connectivity index (χ3n) is 2.26. The third kappa shape index (κ3) is 2.16. The van der Waals surface area contributed by atoms with E-state index in [0.29, 0.717) is 13.2 Å². The van der Waals surface area contributed by atoms with Gasteiger partial charge in [-0.1, -0.05) is 13.8 Å². The number of hydrogen-bond acceptors (Lipinski definition) is 3. The van der Waals surface area contributed by atoms with Crippen LogP contribution in [0.5, 0.6) is 0 Å². The van der Waals surface area contributed by atoms with Crippen LogP contribution in [0.25, 0.3) is 0 Å². The Labute approximate surface area is 84.3 Å². The Hall–Kier alpha value is -0.810. The van der Waals surface area contributed by atoms with Crippen molar-refractivity contribution in [3.63, 3.8) is 0 Å². The molecular formula is C9H18N2O3. The summed E-state index contributed by atoms with van der Waals surface area (Å²) in [6.07, 6.45) is -0.258. The van der Waals surface area contributed by atoms with Gasteiger partial charge in [0.05, 0.1) is 13.2 Å². The lowest BCUT2D eigenvalue weighted by Gasteiger charge is -2.42. The molecule has 0 aliphatic carbocycles. The van der Waals surface area contributed by atoms with Crippen LogP contribution in [-0.2, 0) is 9.57 Å². The number of amides is 2. The van der Waals surface area contributed by atoms with Crippen molar-refractivity contribution >= 4 is 6.03 Å². The normalized spacial score (nSPS) is 26.1. The number of methoxy groups -OCH3 is 1. The van der Waals surface area contributed by atoms with Crippen molar-refractivity contribution in [3.8, 4) is 0 Å². The first-order valence-corrected chi connectivity index (χ1v) is 4.75. The summed E-state index contributed by atoms with van der Waals surface area (Å²) in [7, 11) is 1.59. The molecule has 0 aromatic carbocycles. The lowest BCUT2D eigenvalue weighted by atomic mass is 9.89. The second-order valence-electron chi connectivity index (χ2n) is 4.01. The molecule has 1 rings (SSSR count). The second kappa shape index (κ2) is 4.14. The Balaban J connectivity index is 2.67. The highest BCUT2D eigenvalue weighted by Gasteiger charge is 2.40. The van der Waals surface area contributed by atoms with Gasteiger partial charge in [-0.05, 0) is 6.92 Å². The lowest BCUT2D eigenvalue weighted by molar-refractivity contribution is -0.169. The van der Waals surface area contributed by atoms with Gasteiger partial charge in [-0.2, -0.15) is 0 Å². The maximum absolute atomic E-state index is 11.5. The molecule has 0 aromatic rings. The standard InChI is InChI=1S/C9H18N2O3/c1-5-14-11-6-9(2,3)7(13-4)10-8(11)12/h7H,5-6H2,1-4H3,(H,10,12). The van der Waals surface area contributed by atoms with Gasteiger partial charge >= 0.3 is 6.03 Å². The average molecular weight is 202 g/mol. The number of hydrogen-bond donors (Lipinski definition) is 1. The van der Waals surface area contributed by atoms with Crippen LogP contribution in [0.15, 0.2) is 0 Å². The zero-order valence-corrected chi connectivity index (χ0v) is 9.16. The lowest BCUT2D eigenvalue weighted by Crippen LogP contribution is -2.61. The SMILES string of the molecule is CCON1CC(C)(C)C(OC)NC1=O. The van der Waals surface area contributed by atoms with Gasteiger partial charge in [-0.25, -0.2) is 9.86 Å². The molecule has 0 bridgehead atoms. The average Bonchev–Trinajstić information content (AvgIpc) is 2.10. The molecule has 5 heteroatoms. The third-order valence-corrected chi connectivity index (χ3v) is 2.26. The Morgan fingerprint density at radius 3 is 2.79 bits per heavy atom. The zero-order chi connectivity index (χ0) is 10.8. The molecule has 2 amide bonds. The van der Waals surface area contributed by atoms with E-state index in [-0.39, 0.29) is 17.7 Å². The number of hydroxylamine groups is 2. The highest BCUT2D eigenvalue weighted by molar-refractivity contribution is 5.74. The largest absolute Gasteiger partial charge is 0.361 e. The zero-order valence-electron chi connectivity index (χ0n) is 9.16. The molecule has 1 aliphatic rings. The van der Waals surface area contributed by atoms with Crippen LogP contribution in [0.2, 0.25) is 0 Å². The topological polar surface area (TPSA) is 50.8 Å². The molecule has 1 aliphatic heterocycles. The van der Waals surface area contributed by atoms with Crippen molar-refractivity contribution in [1.29, 1.82) is 0 Å². The minimum atomic E-state index is -0.258. The van der Waals surface area contributed by atoms with Crippen LogP contribution in [-0.4, -0.2) is 37.6 Å². The molecule has 1 atom stereocenters. The van der Waals surface area contributed by atoms with Crippen LogP contribution in [0.4, 0.5) is 4.79 Å². The molecule has 1 N–H and O–H groups in total. The van der Waals surface area contributed by atoms with Gasteiger partial charge in [0, 0.05) is 12.5 Å². The maximum atomic E-state index is 11.5. The first kappa shape index (κ1) is 11.3. The van der Waals surface area contributed by atoms with Gasteiger partial charge in [-0.3, -0.25) is 4.84 Å². The van der Waals surface area contributed by atoms with Crippen LogP contribution >= 0.6 is 0 Å². The highest BCUT2D eigenvalue weighted by atomic mass is 16.7. The Morgan fingerprint density at radius 2 is 2.29 bits per heavy atom. The van der Waals surface area contributed by atoms with Gasteiger partial charge in [0.25, 0.3) is 0 Å². The molecule has 1 unspecified atom stereocenters. The van der Waals surface area contributed by atoms with Gasteiger partial charge in [0.2, 0.25) is 0 Å². The summed E-state index contributed by atoms with van der Waals surface area (Å²) in [5.74, 6) is 0. The minimum Gasteiger partial charge on any atom is -0.361 e. The molecule has 0 radical (unpaired) electrons. The molecule has 14 heavy (non-hydrogen) atoms. The summed E-state index contributed by atoms with van der Waals surface area (Å²) < 4.78 is 5.19. The quantitative estimate of drug-likeness (QED) is 0.741. The molecule has 1 fully saturated rings. The van der Waals surface area contributed by atoms with E-state index in [9.17, 15) is 4.79 Å². The van der Waals surface area contributed by atoms with Gasteiger partial charge in [0.1, 0.15) is 6.23 Å². The molecule has 0 saturated carbocycles. The van der Waals surface area contributed by atoms with Crippen LogP contribution in [0.1, 0.15) is 20.8 Å². The van der Waals surface area contributed by atoms with E-state index in [0.717, 1.165) is 0 Å². The smallest absolute Gasteiger partial charge is 0.343 e. The summed E-state index contributed by atoms with van der Waals surface area (Å²) in [4.78, 5) is 16.6. The van der Waals surface area contributed by atoms with Gasteiger partial charge in [-0.15, -0.1) is 0 Å². The van der Waals surface area contributed by atoms with E-state index in [1.54, 1.807) is 7.11 Å². The van der Waals surface area contributed by atoms with E-state index in [4.69, 9.17) is 9.57 Å². The van der Waals surface area contributed by atoms with E-state index in [2.05, 4.69) is 5.32 Å². The number of carbonyl (C=O) groups is 1. The summed E-state index contributed by atoms with van der Waals surface area (Å²) in [5.41, 5.74) is -0.155. The van der Waals surface area contributed by atoms with Crippen LogP contribution in [0.3, 0.4) is 0 Å². The Morgan fingerprint density at radius 1 is 1.64 bits per heavy atom. The number of rotatable bonds is 3. The Bertz CT molecular complexity index is 218.